The molecule has 2 N–H and O–H groups in total. The molecule has 0 bridgehead atoms. The summed E-state index contributed by atoms with van der Waals surface area (Å²) in [6, 6.07) is 18.3. The van der Waals surface area contributed by atoms with Crippen molar-refractivity contribution in [2.45, 2.75) is 32.4 Å². The number of piperidine rings is 1. The van der Waals surface area contributed by atoms with Gasteiger partial charge in [-0.15, -0.1) is 0 Å². The number of nitrogens with zero attached hydrogens (tertiary/aromatic N) is 4. The van der Waals surface area contributed by atoms with Crippen LogP contribution < -0.4 is 10.1 Å². The lowest BCUT2D eigenvalue weighted by Crippen LogP contribution is -2.39. The van der Waals surface area contributed by atoms with Gasteiger partial charge < -0.3 is 10.1 Å². The van der Waals surface area contributed by atoms with Crippen molar-refractivity contribution >= 4 is 16.9 Å². The number of anilines is 1. The first kappa shape index (κ1) is 19.5. The molecule has 0 spiro atoms. The standard InChI is InChI=1S/C24H26N6O/c1-17-6-8-19(9-7-17)31-23-10-13-25-24(27-23)26-18-11-14-30(15-12-18)16-22-20-4-2-3-5-21(20)28-29-22/h2-10,13,18H,11-12,14-16H2,1H3,(H,28,29)(H,25,26,27). The fourth-order valence-corrected chi connectivity index (χ4v) is 3.97. The molecule has 0 unspecified atom stereocenters. The summed E-state index contributed by atoms with van der Waals surface area (Å²) in [6.07, 6.45) is 3.81. The molecule has 4 aromatic rings. The smallest absolute Gasteiger partial charge is 0.226 e. The van der Waals surface area contributed by atoms with Crippen LogP contribution in [-0.4, -0.2) is 44.2 Å². The molecule has 158 valence electrons. The Morgan fingerprint density at radius 3 is 2.71 bits per heavy atom. The Hall–Kier alpha value is -3.45. The van der Waals surface area contributed by atoms with E-state index in [-0.39, 0.29) is 0 Å². The number of hydrogen-bond acceptors (Lipinski definition) is 6. The van der Waals surface area contributed by atoms with E-state index in [1.807, 2.05) is 36.4 Å². The van der Waals surface area contributed by atoms with Gasteiger partial charge in [-0.25, -0.2) is 4.98 Å². The first-order valence-corrected chi connectivity index (χ1v) is 10.7. The highest BCUT2D eigenvalue weighted by atomic mass is 16.5. The van der Waals surface area contributed by atoms with Gasteiger partial charge in [0.25, 0.3) is 0 Å². The Morgan fingerprint density at radius 2 is 1.87 bits per heavy atom. The number of fused-ring (bicyclic) bond motifs is 1. The molecule has 7 heteroatoms. The minimum Gasteiger partial charge on any atom is -0.439 e. The highest BCUT2D eigenvalue weighted by Gasteiger charge is 2.21. The Kier molecular flexibility index (Phi) is 5.50. The topological polar surface area (TPSA) is 79.0 Å². The number of ether oxygens (including phenoxy) is 1. The zero-order chi connectivity index (χ0) is 21.0. The molecule has 1 fully saturated rings. The van der Waals surface area contributed by atoms with E-state index in [9.17, 15) is 0 Å². The molecular weight excluding hydrogens is 388 g/mol. The summed E-state index contributed by atoms with van der Waals surface area (Å²) < 4.78 is 5.87. The number of rotatable bonds is 6. The molecule has 5 rings (SSSR count). The molecule has 3 heterocycles. The summed E-state index contributed by atoms with van der Waals surface area (Å²) in [7, 11) is 0. The summed E-state index contributed by atoms with van der Waals surface area (Å²) in [5.74, 6) is 1.93. The highest BCUT2D eigenvalue weighted by molar-refractivity contribution is 5.81. The highest BCUT2D eigenvalue weighted by Crippen LogP contribution is 2.23. The second-order valence-electron chi connectivity index (χ2n) is 8.05. The maximum absolute atomic E-state index is 5.87. The third-order valence-corrected chi connectivity index (χ3v) is 5.72. The van der Waals surface area contributed by atoms with Gasteiger partial charge in [-0.05, 0) is 38.0 Å². The zero-order valence-corrected chi connectivity index (χ0v) is 17.6. The van der Waals surface area contributed by atoms with Crippen LogP contribution in [-0.2, 0) is 6.54 Å². The molecule has 31 heavy (non-hydrogen) atoms. The monoisotopic (exact) mass is 414 g/mol. The lowest BCUT2D eigenvalue weighted by molar-refractivity contribution is 0.209. The van der Waals surface area contributed by atoms with Crippen LogP contribution in [0.15, 0.2) is 60.8 Å². The molecule has 1 saturated heterocycles. The normalized spacial score (nSPS) is 15.3. The molecule has 0 amide bonds. The molecule has 0 atom stereocenters. The van der Waals surface area contributed by atoms with Gasteiger partial charge in [0.05, 0.1) is 11.2 Å². The number of H-pyrrole nitrogens is 1. The number of aromatic nitrogens is 4. The average Bonchev–Trinajstić information content (AvgIpc) is 3.20. The minimum absolute atomic E-state index is 0.351. The van der Waals surface area contributed by atoms with Gasteiger partial charge in [-0.3, -0.25) is 10.00 Å². The number of nitrogens with one attached hydrogen (secondary N) is 2. The summed E-state index contributed by atoms with van der Waals surface area (Å²) in [6.45, 7) is 4.98. The van der Waals surface area contributed by atoms with Crippen molar-refractivity contribution in [2.75, 3.05) is 18.4 Å². The Bertz CT molecular complexity index is 1150. The van der Waals surface area contributed by atoms with E-state index in [0.717, 1.165) is 43.7 Å². The molecular formula is C24H26N6O. The number of para-hydroxylation sites is 1. The summed E-state index contributed by atoms with van der Waals surface area (Å²) in [4.78, 5) is 11.4. The fourth-order valence-electron chi connectivity index (χ4n) is 3.97. The maximum atomic E-state index is 5.87. The van der Waals surface area contributed by atoms with Crippen molar-refractivity contribution in [3.8, 4) is 11.6 Å². The van der Waals surface area contributed by atoms with Gasteiger partial charge in [0.15, 0.2) is 0 Å². The third kappa shape index (κ3) is 4.67. The van der Waals surface area contributed by atoms with E-state index in [4.69, 9.17) is 4.74 Å². The summed E-state index contributed by atoms with van der Waals surface area (Å²) in [5, 5.41) is 12.3. The number of benzene rings is 2. The van der Waals surface area contributed by atoms with E-state index >= 15 is 0 Å². The van der Waals surface area contributed by atoms with E-state index in [0.29, 0.717) is 17.9 Å². The van der Waals surface area contributed by atoms with E-state index in [1.54, 1.807) is 12.3 Å². The second kappa shape index (κ2) is 8.73. The first-order chi connectivity index (χ1) is 15.2. The lowest BCUT2D eigenvalue weighted by Gasteiger charge is -2.32. The summed E-state index contributed by atoms with van der Waals surface area (Å²) in [5.41, 5.74) is 3.41. The molecule has 0 aliphatic carbocycles. The van der Waals surface area contributed by atoms with Crippen molar-refractivity contribution in [2.24, 2.45) is 0 Å². The van der Waals surface area contributed by atoms with E-state index in [2.05, 4.69) is 49.4 Å². The number of aryl methyl sites for hydroxylation is 1. The van der Waals surface area contributed by atoms with Crippen LogP contribution in [0.4, 0.5) is 5.95 Å². The van der Waals surface area contributed by atoms with Gasteiger partial charge in [0.2, 0.25) is 11.8 Å². The average molecular weight is 415 g/mol. The fraction of sp³-hybridized carbons (Fsp3) is 0.292. The van der Waals surface area contributed by atoms with E-state index < -0.39 is 0 Å². The number of likely N-dealkylation sites (tertiary alicyclic amines) is 1. The van der Waals surface area contributed by atoms with Crippen molar-refractivity contribution in [3.05, 3.63) is 72.1 Å². The van der Waals surface area contributed by atoms with Gasteiger partial charge in [0, 0.05) is 43.3 Å². The zero-order valence-electron chi connectivity index (χ0n) is 17.6. The predicted molar refractivity (Wildman–Crippen MR) is 121 cm³/mol. The largest absolute Gasteiger partial charge is 0.439 e. The van der Waals surface area contributed by atoms with Crippen molar-refractivity contribution < 1.29 is 4.74 Å². The minimum atomic E-state index is 0.351. The second-order valence-corrected chi connectivity index (χ2v) is 8.05. The van der Waals surface area contributed by atoms with Crippen molar-refractivity contribution in [1.82, 2.24) is 25.1 Å². The van der Waals surface area contributed by atoms with Crippen LogP contribution >= 0.6 is 0 Å². The first-order valence-electron chi connectivity index (χ1n) is 10.7. The Labute approximate surface area is 181 Å². The third-order valence-electron chi connectivity index (χ3n) is 5.72. The van der Waals surface area contributed by atoms with Crippen LogP contribution in [0.1, 0.15) is 24.1 Å². The Balaban J connectivity index is 1.16. The predicted octanol–water partition coefficient (Wildman–Crippen LogP) is 4.53. The van der Waals surface area contributed by atoms with Gasteiger partial charge >= 0.3 is 0 Å². The molecule has 2 aromatic carbocycles. The van der Waals surface area contributed by atoms with Gasteiger partial charge in [0.1, 0.15) is 5.75 Å². The molecule has 7 nitrogen and oxygen atoms in total. The van der Waals surface area contributed by atoms with Crippen LogP contribution in [0.25, 0.3) is 10.9 Å². The van der Waals surface area contributed by atoms with Crippen LogP contribution in [0.5, 0.6) is 11.6 Å². The Morgan fingerprint density at radius 1 is 1.06 bits per heavy atom. The molecule has 0 radical (unpaired) electrons. The van der Waals surface area contributed by atoms with Gasteiger partial charge in [-0.1, -0.05) is 35.9 Å². The molecule has 0 saturated carbocycles. The van der Waals surface area contributed by atoms with Crippen LogP contribution in [0.3, 0.4) is 0 Å². The maximum Gasteiger partial charge on any atom is 0.226 e. The summed E-state index contributed by atoms with van der Waals surface area (Å²) >= 11 is 0. The van der Waals surface area contributed by atoms with Crippen LogP contribution in [0.2, 0.25) is 0 Å². The molecule has 1 aliphatic rings. The van der Waals surface area contributed by atoms with Gasteiger partial charge in [-0.2, -0.15) is 10.1 Å². The number of hydrogen-bond donors (Lipinski definition) is 2. The SMILES string of the molecule is Cc1ccc(Oc2ccnc(NC3CCN(Cc4[nH]nc5ccccc45)CC3)n2)cc1. The molecule has 2 aromatic heterocycles. The lowest BCUT2D eigenvalue weighted by atomic mass is 10.0. The van der Waals surface area contributed by atoms with Crippen molar-refractivity contribution in [1.29, 1.82) is 0 Å². The van der Waals surface area contributed by atoms with Crippen LogP contribution in [0, 0.1) is 6.92 Å². The molecule has 1 aliphatic heterocycles. The van der Waals surface area contributed by atoms with Crippen molar-refractivity contribution in [3.63, 3.8) is 0 Å². The van der Waals surface area contributed by atoms with E-state index in [1.165, 1.54) is 16.6 Å². The quantitative estimate of drug-likeness (QED) is 0.483. The number of aromatic amines is 1.